The van der Waals surface area contributed by atoms with Crippen LogP contribution < -0.4 is 5.32 Å². The van der Waals surface area contributed by atoms with Crippen LogP contribution in [0.25, 0.3) is 39.3 Å². The summed E-state index contributed by atoms with van der Waals surface area (Å²) in [6, 6.07) is 5.99. The number of hydrogen-bond donors (Lipinski definition) is 3. The number of aromatic nitrogens is 4. The van der Waals surface area contributed by atoms with Gasteiger partial charge in [0.1, 0.15) is 5.60 Å². The Labute approximate surface area is 347 Å². The summed E-state index contributed by atoms with van der Waals surface area (Å²) in [6.45, 7) is 14.0. The standard InChI is InChI=1S/C46H50N6O8/c1-10-25-21(3)29-17-31-23(5)27(12-13-36(53)58-8)41(50-31)28(16-37(54)59-9)42-38(24(6)32(51-42)19-34-26(11-2)22(4)30(49-34)18-33(25)48-29)43(55)47-20-46-15-14-35(60-46)39-40(46)45(57)52(7)44(39)56/h10,14-15,17-19,23,27,35,39-40,48-49H,1,11-13,16,20H2,2-9H3,(H,47,55)/t23-,27-,35-,39-,40+,46-/m0/s1. The van der Waals surface area contributed by atoms with Gasteiger partial charge >= 0.3 is 11.9 Å². The molecule has 60 heavy (non-hydrogen) atoms. The number of carbonyl (C=O) groups excluding carboxylic acids is 5. The molecule has 10 bridgehead atoms. The number of esters is 2. The number of H-pyrrole nitrogens is 2. The average molecular weight is 815 g/mol. The van der Waals surface area contributed by atoms with Crippen LogP contribution in [-0.4, -0.2) is 94.0 Å². The zero-order chi connectivity index (χ0) is 42.9. The number of aromatic amines is 2. The Hall–Kier alpha value is -6.15. The van der Waals surface area contributed by atoms with Crippen molar-refractivity contribution in [3.63, 3.8) is 0 Å². The Morgan fingerprint density at radius 2 is 1.68 bits per heavy atom. The summed E-state index contributed by atoms with van der Waals surface area (Å²) in [7, 11) is 4.11. The van der Waals surface area contributed by atoms with Crippen molar-refractivity contribution < 1.29 is 38.2 Å². The highest BCUT2D eigenvalue weighted by Gasteiger charge is 2.67. The molecule has 3 aromatic heterocycles. The van der Waals surface area contributed by atoms with Gasteiger partial charge in [0.2, 0.25) is 11.8 Å². The van der Waals surface area contributed by atoms with Crippen molar-refractivity contribution in [2.75, 3.05) is 27.8 Å². The van der Waals surface area contributed by atoms with Crippen LogP contribution in [0.2, 0.25) is 0 Å². The molecule has 3 amide bonds. The predicted molar refractivity (Wildman–Crippen MR) is 225 cm³/mol. The summed E-state index contributed by atoms with van der Waals surface area (Å²) in [4.78, 5) is 86.0. The van der Waals surface area contributed by atoms with Crippen molar-refractivity contribution in [3.8, 4) is 0 Å². The number of carbonyl (C=O) groups is 5. The first kappa shape index (κ1) is 40.6. The number of aryl methyl sites for hydroxylation is 3. The minimum absolute atomic E-state index is 0.0894. The first-order chi connectivity index (χ1) is 28.7. The number of methoxy groups -OCH3 is 2. The summed E-state index contributed by atoms with van der Waals surface area (Å²) >= 11 is 0. The van der Waals surface area contributed by atoms with E-state index in [2.05, 4.69) is 41.8 Å². The third-order valence-corrected chi connectivity index (χ3v) is 13.3. The van der Waals surface area contributed by atoms with Gasteiger partial charge in [0.15, 0.2) is 0 Å². The summed E-state index contributed by atoms with van der Waals surface area (Å²) in [5, 5.41) is 3.04. The van der Waals surface area contributed by atoms with Crippen LogP contribution in [0.3, 0.4) is 0 Å². The van der Waals surface area contributed by atoms with Gasteiger partial charge in [0.25, 0.3) is 5.91 Å². The number of rotatable bonds is 10. The van der Waals surface area contributed by atoms with Gasteiger partial charge in [-0.2, -0.15) is 0 Å². The molecular weight excluding hydrogens is 765 g/mol. The van der Waals surface area contributed by atoms with Crippen LogP contribution >= 0.6 is 0 Å². The van der Waals surface area contributed by atoms with Gasteiger partial charge in [-0.05, 0) is 74.1 Å². The van der Waals surface area contributed by atoms with E-state index in [1.807, 2.05) is 39.0 Å². The lowest BCUT2D eigenvalue weighted by atomic mass is 9.77. The van der Waals surface area contributed by atoms with Gasteiger partial charge < -0.3 is 29.5 Å². The molecule has 8 rings (SSSR count). The lowest BCUT2D eigenvalue weighted by molar-refractivity contribution is -0.143. The molecule has 0 saturated carbocycles. The number of likely N-dealkylation sites (tertiary alicyclic amines) is 1. The molecule has 3 N–H and O–H groups in total. The van der Waals surface area contributed by atoms with E-state index in [0.29, 0.717) is 41.1 Å². The summed E-state index contributed by atoms with van der Waals surface area (Å²) < 4.78 is 16.6. The van der Waals surface area contributed by atoms with Gasteiger partial charge in [-0.15, -0.1) is 0 Å². The number of nitrogens with one attached hydrogen (secondary N) is 3. The van der Waals surface area contributed by atoms with E-state index in [4.69, 9.17) is 24.2 Å². The minimum Gasteiger partial charge on any atom is -0.469 e. The SMILES string of the molecule is C=Cc1c(C)c2cc3nc(c(CC(=O)OC)c4nc(cc5[nH]c(cc1[nH]2)c(C)c5CC)C(C)=C4C(=O)NC[C@]12C=C[C@H](O1)[C@@H]1C(=O)N(C)C(=O)[C@@H]12)[C@@H](CCC(=O)OC)[C@@H]3C. The molecule has 0 aliphatic carbocycles. The van der Waals surface area contributed by atoms with Crippen molar-refractivity contribution in [2.45, 2.75) is 83.8 Å². The minimum atomic E-state index is -1.22. The molecule has 5 aliphatic rings. The van der Waals surface area contributed by atoms with E-state index >= 15 is 0 Å². The highest BCUT2D eigenvalue weighted by Crippen LogP contribution is 2.51. The zero-order valence-corrected chi connectivity index (χ0v) is 35.2. The van der Waals surface area contributed by atoms with E-state index in [9.17, 15) is 24.0 Å². The first-order valence-corrected chi connectivity index (χ1v) is 20.4. The normalized spacial score (nSPS) is 24.0. The monoisotopic (exact) mass is 814 g/mol. The predicted octanol–water partition coefficient (Wildman–Crippen LogP) is 5.68. The van der Waals surface area contributed by atoms with Crippen LogP contribution in [0.5, 0.6) is 0 Å². The van der Waals surface area contributed by atoms with Gasteiger partial charge in [0, 0.05) is 64.2 Å². The Morgan fingerprint density at radius 3 is 2.38 bits per heavy atom. The molecule has 2 fully saturated rings. The van der Waals surface area contributed by atoms with Gasteiger partial charge in [-0.1, -0.05) is 38.7 Å². The van der Waals surface area contributed by atoms with Crippen molar-refractivity contribution in [1.82, 2.24) is 30.2 Å². The van der Waals surface area contributed by atoms with Crippen molar-refractivity contribution >= 4 is 68.9 Å². The molecular formula is C46H50N6O8. The van der Waals surface area contributed by atoms with Gasteiger partial charge in [0.05, 0.1) is 67.8 Å². The van der Waals surface area contributed by atoms with Gasteiger partial charge in [-0.25, -0.2) is 4.98 Å². The Morgan fingerprint density at radius 1 is 0.967 bits per heavy atom. The number of amides is 3. The second-order valence-electron chi connectivity index (χ2n) is 16.4. The van der Waals surface area contributed by atoms with Crippen molar-refractivity contribution in [2.24, 2.45) is 11.8 Å². The van der Waals surface area contributed by atoms with Crippen molar-refractivity contribution in [3.05, 3.63) is 87.5 Å². The molecule has 2 saturated heterocycles. The lowest BCUT2D eigenvalue weighted by Crippen LogP contribution is -2.48. The fourth-order valence-corrected chi connectivity index (χ4v) is 9.86. The van der Waals surface area contributed by atoms with Crippen LogP contribution in [0.15, 0.2) is 36.9 Å². The molecule has 0 spiro atoms. The third kappa shape index (κ3) is 6.30. The maximum Gasteiger partial charge on any atom is 0.310 e. The summed E-state index contributed by atoms with van der Waals surface area (Å²) in [6.07, 6.45) is 5.70. The largest absolute Gasteiger partial charge is 0.469 e. The molecule has 0 aromatic carbocycles. The molecule has 3 aromatic rings. The number of ether oxygens (including phenoxy) is 3. The highest BCUT2D eigenvalue weighted by atomic mass is 16.5. The molecule has 5 aliphatic heterocycles. The molecule has 14 nitrogen and oxygen atoms in total. The number of nitrogens with zero attached hydrogens (tertiary/aromatic N) is 3. The fourth-order valence-electron chi connectivity index (χ4n) is 9.86. The molecule has 6 atom stereocenters. The fraction of sp³-hybridized carbons (Fsp3) is 0.413. The Balaban J connectivity index is 1.38. The Bertz CT molecular complexity index is 2650. The molecule has 0 unspecified atom stereocenters. The second kappa shape index (κ2) is 15.1. The van der Waals surface area contributed by atoms with E-state index < -0.39 is 35.4 Å². The van der Waals surface area contributed by atoms with E-state index in [1.54, 1.807) is 12.2 Å². The third-order valence-electron chi connectivity index (χ3n) is 13.3. The maximum atomic E-state index is 14.9. The number of allylic oxidation sites excluding steroid dienone is 1. The summed E-state index contributed by atoms with van der Waals surface area (Å²) in [5.74, 6) is -4.15. The first-order valence-electron chi connectivity index (χ1n) is 20.4. The molecule has 14 heteroatoms. The quantitative estimate of drug-likeness (QED) is 0.131. The maximum absolute atomic E-state index is 14.9. The van der Waals surface area contributed by atoms with Crippen LogP contribution in [0.4, 0.5) is 0 Å². The molecule has 312 valence electrons. The van der Waals surface area contributed by atoms with Crippen LogP contribution in [0, 0.1) is 25.7 Å². The number of fused-ring (bicyclic) bond motifs is 13. The molecule has 0 radical (unpaired) electrons. The number of imide groups is 1. The molecule has 8 heterocycles. The zero-order valence-electron chi connectivity index (χ0n) is 35.2. The summed E-state index contributed by atoms with van der Waals surface area (Å²) in [5.41, 5.74) is 9.39. The van der Waals surface area contributed by atoms with E-state index in [1.165, 1.54) is 21.3 Å². The lowest BCUT2D eigenvalue weighted by Gasteiger charge is -2.29. The average Bonchev–Trinajstić information content (AvgIpc) is 4.09. The Kier molecular flexibility index (Phi) is 10.3. The van der Waals surface area contributed by atoms with Crippen molar-refractivity contribution in [1.29, 1.82) is 0 Å². The number of hydrogen-bond acceptors (Lipinski definition) is 10. The van der Waals surface area contributed by atoms with E-state index in [-0.39, 0.29) is 60.3 Å². The van der Waals surface area contributed by atoms with Crippen LogP contribution in [0.1, 0.15) is 96.0 Å². The second-order valence-corrected chi connectivity index (χ2v) is 16.4. The van der Waals surface area contributed by atoms with Gasteiger partial charge in [-0.3, -0.25) is 33.9 Å². The van der Waals surface area contributed by atoms with E-state index in [0.717, 1.165) is 49.2 Å². The van der Waals surface area contributed by atoms with Crippen LogP contribution in [-0.2, 0) is 51.0 Å². The topological polar surface area (TPSA) is 186 Å². The highest BCUT2D eigenvalue weighted by molar-refractivity contribution is 6.27. The smallest absolute Gasteiger partial charge is 0.310 e.